The first-order valence-electron chi connectivity index (χ1n) is 8.93. The average Bonchev–Trinajstić information content (AvgIpc) is 3.30. The van der Waals surface area contributed by atoms with Crippen molar-refractivity contribution in [3.8, 4) is 0 Å². The van der Waals surface area contributed by atoms with Crippen molar-refractivity contribution in [2.45, 2.75) is 17.6 Å². The minimum absolute atomic E-state index is 0.0171. The second-order valence-electron chi connectivity index (χ2n) is 6.68. The minimum atomic E-state index is -3.86. The maximum atomic E-state index is 12.9. The van der Waals surface area contributed by atoms with E-state index in [1.807, 2.05) is 0 Å². The lowest BCUT2D eigenvalue weighted by Crippen LogP contribution is -2.43. The molecule has 0 saturated carbocycles. The fraction of sp³-hybridized carbons (Fsp3) is 0.688. The van der Waals surface area contributed by atoms with Gasteiger partial charge in [0, 0.05) is 32.8 Å². The van der Waals surface area contributed by atoms with Crippen LogP contribution in [0, 0.1) is 0 Å². The normalized spacial score (nSPS) is 23.0. The number of furan rings is 1. The number of hydrogen-bond acceptors (Lipinski definition) is 8. The summed E-state index contributed by atoms with van der Waals surface area (Å²) in [4.78, 5) is 14.3. The Morgan fingerprint density at radius 3 is 2.64 bits per heavy atom. The van der Waals surface area contributed by atoms with Gasteiger partial charge in [-0.2, -0.15) is 4.31 Å². The standard InChI is InChI=1S/C16H24N2O8S2/c1-24-8-7-18(13-4-11-27(20,21)12-13)16(19)14-2-3-15(26-14)28(22,23)17-5-9-25-10-6-17/h2-3,13H,4-12H2,1H3. The zero-order valence-electron chi connectivity index (χ0n) is 15.6. The monoisotopic (exact) mass is 436 g/mol. The SMILES string of the molecule is COCCN(C(=O)c1ccc(S(=O)(=O)N2CCOCC2)o1)C1CCS(=O)(=O)C1. The molecule has 0 aliphatic carbocycles. The number of sulfonamides is 1. The Hall–Kier alpha value is -1.47. The number of morpholine rings is 1. The molecule has 2 aliphatic heterocycles. The fourth-order valence-electron chi connectivity index (χ4n) is 3.29. The van der Waals surface area contributed by atoms with Gasteiger partial charge in [0.1, 0.15) is 0 Å². The fourth-order valence-corrected chi connectivity index (χ4v) is 6.34. The number of sulfone groups is 1. The summed E-state index contributed by atoms with van der Waals surface area (Å²) < 4.78 is 65.7. The highest BCUT2D eigenvalue weighted by molar-refractivity contribution is 7.91. The molecule has 1 aromatic heterocycles. The molecule has 0 aromatic carbocycles. The van der Waals surface area contributed by atoms with E-state index >= 15 is 0 Å². The first-order valence-corrected chi connectivity index (χ1v) is 12.2. The molecule has 1 aromatic rings. The molecule has 0 N–H and O–H groups in total. The summed E-state index contributed by atoms with van der Waals surface area (Å²) in [6.45, 7) is 1.43. The molecule has 0 radical (unpaired) electrons. The molecule has 1 atom stereocenters. The number of amides is 1. The van der Waals surface area contributed by atoms with Crippen molar-refractivity contribution in [2.24, 2.45) is 0 Å². The molecule has 28 heavy (non-hydrogen) atoms. The summed E-state index contributed by atoms with van der Waals surface area (Å²) in [6.07, 6.45) is 0.331. The second kappa shape index (κ2) is 8.49. The van der Waals surface area contributed by atoms with Crippen molar-refractivity contribution in [3.05, 3.63) is 17.9 Å². The van der Waals surface area contributed by atoms with Crippen LogP contribution in [-0.4, -0.2) is 96.1 Å². The Morgan fingerprint density at radius 1 is 1.32 bits per heavy atom. The molecule has 1 amide bonds. The van der Waals surface area contributed by atoms with E-state index in [9.17, 15) is 21.6 Å². The summed E-state index contributed by atoms with van der Waals surface area (Å²) in [6, 6.07) is 2.06. The van der Waals surface area contributed by atoms with E-state index < -0.39 is 31.8 Å². The van der Waals surface area contributed by atoms with Gasteiger partial charge in [-0.25, -0.2) is 16.8 Å². The third-order valence-corrected chi connectivity index (χ3v) is 8.33. The third-order valence-electron chi connectivity index (χ3n) is 4.80. The number of hydrogen-bond donors (Lipinski definition) is 0. The highest BCUT2D eigenvalue weighted by atomic mass is 32.2. The van der Waals surface area contributed by atoms with Gasteiger partial charge in [-0.3, -0.25) is 4.79 Å². The van der Waals surface area contributed by atoms with E-state index in [0.29, 0.717) is 19.6 Å². The summed E-state index contributed by atoms with van der Waals surface area (Å²) in [5, 5.41) is -0.316. The molecule has 2 aliphatic rings. The molecule has 0 spiro atoms. The number of nitrogens with zero attached hydrogens (tertiary/aromatic N) is 2. The molecule has 0 bridgehead atoms. The van der Waals surface area contributed by atoms with Crippen molar-refractivity contribution in [1.29, 1.82) is 0 Å². The Morgan fingerprint density at radius 2 is 2.04 bits per heavy atom. The minimum Gasteiger partial charge on any atom is -0.438 e. The molecular formula is C16H24N2O8S2. The molecule has 2 fully saturated rings. The predicted octanol–water partition coefficient (Wildman–Crippen LogP) is -0.424. The van der Waals surface area contributed by atoms with Crippen LogP contribution in [0.3, 0.4) is 0 Å². The van der Waals surface area contributed by atoms with Crippen LogP contribution in [0.2, 0.25) is 0 Å². The average molecular weight is 437 g/mol. The van der Waals surface area contributed by atoms with Crippen LogP contribution in [0.5, 0.6) is 0 Å². The van der Waals surface area contributed by atoms with Gasteiger partial charge in [-0.1, -0.05) is 0 Å². The van der Waals surface area contributed by atoms with E-state index in [1.165, 1.54) is 28.4 Å². The topological polar surface area (TPSA) is 123 Å². The zero-order chi connectivity index (χ0) is 20.4. The van der Waals surface area contributed by atoms with Crippen molar-refractivity contribution >= 4 is 25.8 Å². The van der Waals surface area contributed by atoms with Crippen LogP contribution >= 0.6 is 0 Å². The molecule has 1 unspecified atom stereocenters. The summed E-state index contributed by atoms with van der Waals surface area (Å²) in [5.41, 5.74) is 0. The summed E-state index contributed by atoms with van der Waals surface area (Å²) in [7, 11) is -5.57. The highest BCUT2D eigenvalue weighted by Crippen LogP contribution is 2.24. The van der Waals surface area contributed by atoms with E-state index in [-0.39, 0.29) is 48.6 Å². The van der Waals surface area contributed by atoms with Crippen LogP contribution in [0.25, 0.3) is 0 Å². The lowest BCUT2D eigenvalue weighted by molar-refractivity contribution is 0.0585. The van der Waals surface area contributed by atoms with Crippen LogP contribution in [0.4, 0.5) is 0 Å². The molecule has 10 nitrogen and oxygen atoms in total. The van der Waals surface area contributed by atoms with Gasteiger partial charge < -0.3 is 18.8 Å². The molecular weight excluding hydrogens is 412 g/mol. The number of carbonyl (C=O) groups is 1. The maximum absolute atomic E-state index is 12.9. The Balaban J connectivity index is 1.80. The van der Waals surface area contributed by atoms with E-state index in [4.69, 9.17) is 13.9 Å². The van der Waals surface area contributed by atoms with Gasteiger partial charge in [0.2, 0.25) is 5.09 Å². The Kier molecular flexibility index (Phi) is 6.44. The third kappa shape index (κ3) is 4.57. The first kappa shape index (κ1) is 21.2. The summed E-state index contributed by atoms with van der Waals surface area (Å²) in [5.74, 6) is -0.805. The number of ether oxygens (including phenoxy) is 2. The van der Waals surface area contributed by atoms with Gasteiger partial charge in [-0.05, 0) is 18.6 Å². The molecule has 158 valence electrons. The smallest absolute Gasteiger partial charge is 0.289 e. The molecule has 2 saturated heterocycles. The number of methoxy groups -OCH3 is 1. The van der Waals surface area contributed by atoms with E-state index in [0.717, 1.165) is 0 Å². The molecule has 12 heteroatoms. The van der Waals surface area contributed by atoms with Crippen LogP contribution in [0.15, 0.2) is 21.6 Å². The van der Waals surface area contributed by atoms with Crippen LogP contribution in [-0.2, 0) is 29.3 Å². The van der Waals surface area contributed by atoms with Crippen molar-refractivity contribution in [2.75, 3.05) is 58.1 Å². The maximum Gasteiger partial charge on any atom is 0.289 e. The van der Waals surface area contributed by atoms with Crippen molar-refractivity contribution < 1.29 is 35.5 Å². The van der Waals surface area contributed by atoms with Gasteiger partial charge in [0.25, 0.3) is 15.9 Å². The van der Waals surface area contributed by atoms with Gasteiger partial charge in [0.05, 0.1) is 31.3 Å². The van der Waals surface area contributed by atoms with Gasteiger partial charge in [0.15, 0.2) is 15.6 Å². The lowest BCUT2D eigenvalue weighted by Gasteiger charge is -2.27. The molecule has 3 heterocycles. The van der Waals surface area contributed by atoms with Crippen LogP contribution < -0.4 is 0 Å². The zero-order valence-corrected chi connectivity index (χ0v) is 17.2. The lowest BCUT2D eigenvalue weighted by atomic mass is 10.2. The highest BCUT2D eigenvalue weighted by Gasteiger charge is 2.36. The Bertz CT molecular complexity index is 903. The summed E-state index contributed by atoms with van der Waals surface area (Å²) >= 11 is 0. The van der Waals surface area contributed by atoms with E-state index in [1.54, 1.807) is 0 Å². The Labute approximate surface area is 164 Å². The van der Waals surface area contributed by atoms with Crippen LogP contribution in [0.1, 0.15) is 17.0 Å². The first-order chi connectivity index (χ1) is 13.2. The number of rotatable bonds is 7. The van der Waals surface area contributed by atoms with E-state index in [2.05, 4.69) is 0 Å². The molecule has 3 rings (SSSR count). The van der Waals surface area contributed by atoms with Gasteiger partial charge >= 0.3 is 0 Å². The quantitative estimate of drug-likeness (QED) is 0.564. The largest absolute Gasteiger partial charge is 0.438 e. The predicted molar refractivity (Wildman–Crippen MR) is 98.3 cm³/mol. The number of carbonyl (C=O) groups excluding carboxylic acids is 1. The second-order valence-corrected chi connectivity index (χ2v) is 10.8. The van der Waals surface area contributed by atoms with Crippen molar-refractivity contribution in [3.63, 3.8) is 0 Å². The van der Waals surface area contributed by atoms with Crippen molar-refractivity contribution in [1.82, 2.24) is 9.21 Å². The van der Waals surface area contributed by atoms with Gasteiger partial charge in [-0.15, -0.1) is 0 Å².